The summed E-state index contributed by atoms with van der Waals surface area (Å²) in [4.78, 5) is 20.8. The number of fused-ring (bicyclic) bond motifs is 1. The van der Waals surface area contributed by atoms with Gasteiger partial charge in [-0.25, -0.2) is 4.98 Å². The van der Waals surface area contributed by atoms with Crippen LogP contribution in [0, 0.1) is 6.92 Å². The second kappa shape index (κ2) is 5.65. The maximum absolute atomic E-state index is 12.4. The fourth-order valence-electron chi connectivity index (χ4n) is 2.15. The fourth-order valence-corrected chi connectivity index (χ4v) is 3.10. The van der Waals surface area contributed by atoms with Crippen molar-refractivity contribution >= 4 is 21.6 Å². The Morgan fingerprint density at radius 2 is 2.33 bits per heavy atom. The lowest BCUT2D eigenvalue weighted by atomic mass is 10.3. The molecule has 3 aromatic rings. The maximum Gasteiger partial charge on any atom is 0.271 e. The molecule has 0 aliphatic rings. The van der Waals surface area contributed by atoms with E-state index in [-0.39, 0.29) is 11.7 Å². The molecule has 3 rings (SSSR count). The summed E-state index contributed by atoms with van der Waals surface area (Å²) >= 11 is 1.44. The second-order valence-electron chi connectivity index (χ2n) is 4.92. The van der Waals surface area contributed by atoms with Crippen LogP contribution in [-0.2, 0) is 6.54 Å². The zero-order valence-corrected chi connectivity index (χ0v) is 12.6. The molecule has 0 fully saturated rings. The summed E-state index contributed by atoms with van der Waals surface area (Å²) < 4.78 is 8.04. The molecule has 0 N–H and O–H groups in total. The van der Waals surface area contributed by atoms with Crippen molar-refractivity contribution < 1.29 is 4.74 Å². The summed E-state index contributed by atoms with van der Waals surface area (Å²) in [7, 11) is 0. The molecule has 0 aromatic carbocycles. The number of hydrogen-bond acceptors (Lipinski definition) is 5. The summed E-state index contributed by atoms with van der Waals surface area (Å²) in [5.41, 5.74) is 1.82. The third-order valence-electron chi connectivity index (χ3n) is 3.15. The number of rotatable bonds is 4. The molecule has 3 aromatic heterocycles. The topological polar surface area (TPSA) is 57.0 Å². The summed E-state index contributed by atoms with van der Waals surface area (Å²) in [6, 6.07) is 3.66. The zero-order valence-electron chi connectivity index (χ0n) is 11.8. The van der Waals surface area contributed by atoms with Crippen LogP contribution in [0.2, 0.25) is 0 Å². The number of pyridine rings is 1. The summed E-state index contributed by atoms with van der Waals surface area (Å²) in [5.74, 6) is 0.694. The van der Waals surface area contributed by atoms with Gasteiger partial charge in [0, 0.05) is 6.20 Å². The van der Waals surface area contributed by atoms with Crippen LogP contribution in [0.5, 0.6) is 5.75 Å². The van der Waals surface area contributed by atoms with Gasteiger partial charge in [-0.1, -0.05) is 0 Å². The number of thiophene rings is 1. The van der Waals surface area contributed by atoms with E-state index in [0.717, 1.165) is 11.1 Å². The zero-order chi connectivity index (χ0) is 14.8. The third-order valence-corrected chi connectivity index (χ3v) is 4.22. The van der Waals surface area contributed by atoms with Crippen molar-refractivity contribution in [2.45, 2.75) is 26.5 Å². The molecule has 0 saturated carbocycles. The summed E-state index contributed by atoms with van der Waals surface area (Å²) in [6.45, 7) is 4.33. The lowest BCUT2D eigenvalue weighted by Crippen LogP contribution is -2.28. The van der Waals surface area contributed by atoms with Crippen LogP contribution >= 0.6 is 11.3 Å². The van der Waals surface area contributed by atoms with Crippen molar-refractivity contribution in [3.63, 3.8) is 0 Å². The van der Waals surface area contributed by atoms with Crippen LogP contribution in [0.25, 0.3) is 10.2 Å². The molecule has 0 bridgehead atoms. The van der Waals surface area contributed by atoms with Gasteiger partial charge < -0.3 is 4.74 Å². The van der Waals surface area contributed by atoms with E-state index in [0.29, 0.717) is 17.0 Å². The molecule has 108 valence electrons. The predicted octanol–water partition coefficient (Wildman–Crippen LogP) is 2.63. The highest BCUT2D eigenvalue weighted by atomic mass is 32.1. The maximum atomic E-state index is 12.4. The molecule has 0 spiro atoms. The molecule has 5 nitrogen and oxygen atoms in total. The molecule has 0 aliphatic heterocycles. The van der Waals surface area contributed by atoms with Crippen LogP contribution < -0.4 is 10.3 Å². The Labute approximate surface area is 125 Å². The van der Waals surface area contributed by atoms with E-state index in [1.165, 1.54) is 11.3 Å². The van der Waals surface area contributed by atoms with Gasteiger partial charge in [-0.3, -0.25) is 14.3 Å². The van der Waals surface area contributed by atoms with Crippen LogP contribution in [0.4, 0.5) is 0 Å². The van der Waals surface area contributed by atoms with Gasteiger partial charge >= 0.3 is 0 Å². The molecule has 1 atom stereocenters. The van der Waals surface area contributed by atoms with Gasteiger partial charge in [-0.15, -0.1) is 11.3 Å². The van der Waals surface area contributed by atoms with Crippen molar-refractivity contribution in [3.05, 3.63) is 52.2 Å². The lowest BCUT2D eigenvalue weighted by Gasteiger charge is -2.15. The van der Waals surface area contributed by atoms with Crippen molar-refractivity contribution in [1.29, 1.82) is 0 Å². The van der Waals surface area contributed by atoms with E-state index in [2.05, 4.69) is 9.97 Å². The summed E-state index contributed by atoms with van der Waals surface area (Å²) in [5, 5.41) is 1.96. The molecular formula is C15H15N3O2S. The Hall–Kier alpha value is -2.21. The number of ether oxygens (including phenoxy) is 1. The largest absolute Gasteiger partial charge is 0.487 e. The summed E-state index contributed by atoms with van der Waals surface area (Å²) in [6.07, 6.45) is 4.79. The van der Waals surface area contributed by atoms with Gasteiger partial charge in [0.25, 0.3) is 5.56 Å². The van der Waals surface area contributed by atoms with Crippen LogP contribution in [0.3, 0.4) is 0 Å². The Balaban J connectivity index is 1.81. The Morgan fingerprint density at radius 3 is 3.10 bits per heavy atom. The Bertz CT molecular complexity index is 811. The first-order chi connectivity index (χ1) is 10.1. The van der Waals surface area contributed by atoms with Gasteiger partial charge in [0.1, 0.15) is 16.6 Å². The van der Waals surface area contributed by atoms with E-state index in [1.807, 2.05) is 31.4 Å². The number of aryl methyl sites for hydroxylation is 1. The van der Waals surface area contributed by atoms with Crippen LogP contribution in [0.15, 0.2) is 41.0 Å². The van der Waals surface area contributed by atoms with Gasteiger partial charge in [-0.2, -0.15) is 0 Å². The van der Waals surface area contributed by atoms with Crippen molar-refractivity contribution in [3.8, 4) is 5.75 Å². The molecule has 0 aliphatic carbocycles. The molecule has 0 radical (unpaired) electrons. The Kier molecular flexibility index (Phi) is 3.70. The average Bonchev–Trinajstić information content (AvgIpc) is 2.85. The minimum Gasteiger partial charge on any atom is -0.487 e. The first-order valence-corrected chi connectivity index (χ1v) is 7.53. The van der Waals surface area contributed by atoms with E-state index in [4.69, 9.17) is 4.74 Å². The second-order valence-corrected chi connectivity index (χ2v) is 5.80. The fraction of sp³-hybridized carbons (Fsp3) is 0.267. The lowest BCUT2D eigenvalue weighted by molar-refractivity contribution is 0.197. The molecule has 0 amide bonds. The first-order valence-electron chi connectivity index (χ1n) is 6.65. The van der Waals surface area contributed by atoms with Gasteiger partial charge in [-0.05, 0) is 36.9 Å². The van der Waals surface area contributed by atoms with Crippen molar-refractivity contribution in [1.82, 2.24) is 14.5 Å². The van der Waals surface area contributed by atoms with Crippen LogP contribution in [0.1, 0.15) is 12.5 Å². The van der Waals surface area contributed by atoms with Gasteiger partial charge in [0.05, 0.1) is 24.6 Å². The predicted molar refractivity (Wildman–Crippen MR) is 82.9 cm³/mol. The molecule has 3 heterocycles. The third kappa shape index (κ3) is 2.80. The molecule has 1 unspecified atom stereocenters. The first kappa shape index (κ1) is 13.8. The SMILES string of the molecule is Cc1csc2c(=O)n(CC(C)Oc3cccnc3)cnc12. The standard InChI is InChI=1S/C15H15N3O2S/c1-10-8-21-14-13(10)17-9-18(15(14)19)7-11(2)20-12-4-3-5-16-6-12/h3-6,8-9,11H,7H2,1-2H3. The van der Waals surface area contributed by atoms with E-state index >= 15 is 0 Å². The van der Waals surface area contributed by atoms with E-state index in [1.54, 1.807) is 23.3 Å². The van der Waals surface area contributed by atoms with Gasteiger partial charge in [0.15, 0.2) is 0 Å². The molecule has 6 heteroatoms. The minimum absolute atomic E-state index is 0.0141. The van der Waals surface area contributed by atoms with Crippen molar-refractivity contribution in [2.75, 3.05) is 0 Å². The van der Waals surface area contributed by atoms with E-state index in [9.17, 15) is 4.79 Å². The smallest absolute Gasteiger partial charge is 0.271 e. The number of nitrogens with zero attached hydrogens (tertiary/aromatic N) is 3. The molecular weight excluding hydrogens is 286 g/mol. The highest BCUT2D eigenvalue weighted by Gasteiger charge is 2.11. The molecule has 21 heavy (non-hydrogen) atoms. The highest BCUT2D eigenvalue weighted by Crippen LogP contribution is 2.19. The van der Waals surface area contributed by atoms with E-state index < -0.39 is 0 Å². The molecule has 0 saturated heterocycles. The Morgan fingerprint density at radius 1 is 1.48 bits per heavy atom. The van der Waals surface area contributed by atoms with Crippen molar-refractivity contribution in [2.24, 2.45) is 0 Å². The monoisotopic (exact) mass is 301 g/mol. The average molecular weight is 301 g/mol. The number of aromatic nitrogens is 3. The number of hydrogen-bond donors (Lipinski definition) is 0. The van der Waals surface area contributed by atoms with Gasteiger partial charge in [0.2, 0.25) is 0 Å². The highest BCUT2D eigenvalue weighted by molar-refractivity contribution is 7.17. The minimum atomic E-state index is -0.146. The van der Waals surface area contributed by atoms with Crippen LogP contribution in [-0.4, -0.2) is 20.6 Å². The normalized spacial score (nSPS) is 12.5. The quantitative estimate of drug-likeness (QED) is 0.743.